The van der Waals surface area contributed by atoms with Crippen LogP contribution in [0.1, 0.15) is 13.8 Å². The van der Waals surface area contributed by atoms with Crippen LogP contribution in [-0.4, -0.2) is 54.7 Å². The molecule has 0 amide bonds. The molecule has 0 aliphatic carbocycles. The van der Waals surface area contributed by atoms with Crippen molar-refractivity contribution in [1.29, 1.82) is 0 Å². The Labute approximate surface area is 141 Å². The second-order valence-electron chi connectivity index (χ2n) is 5.94. The van der Waals surface area contributed by atoms with E-state index in [4.69, 9.17) is 4.74 Å². The van der Waals surface area contributed by atoms with E-state index >= 15 is 0 Å². The van der Waals surface area contributed by atoms with E-state index in [-0.39, 0.29) is 17.8 Å². The summed E-state index contributed by atoms with van der Waals surface area (Å²) in [4.78, 5) is 20.5. The topological polar surface area (TPSA) is 45.7 Å². The van der Waals surface area contributed by atoms with E-state index in [2.05, 4.69) is 14.8 Å². The summed E-state index contributed by atoms with van der Waals surface area (Å²) >= 11 is 0. The van der Waals surface area contributed by atoms with Crippen LogP contribution >= 0.6 is 0 Å². The number of halogens is 1. The van der Waals surface area contributed by atoms with Crippen LogP contribution in [0.5, 0.6) is 0 Å². The van der Waals surface area contributed by atoms with Gasteiger partial charge in [0.25, 0.3) is 0 Å². The molecule has 1 aromatic carbocycles. The number of anilines is 1. The number of aromatic nitrogens is 1. The quantitative estimate of drug-likeness (QED) is 0.805. The zero-order valence-corrected chi connectivity index (χ0v) is 14.0. The van der Waals surface area contributed by atoms with E-state index in [0.717, 1.165) is 42.8 Å². The predicted octanol–water partition coefficient (Wildman–Crippen LogP) is 2.45. The monoisotopic (exact) mass is 331 g/mol. The number of benzene rings is 1. The Bertz CT molecular complexity index is 729. The van der Waals surface area contributed by atoms with Gasteiger partial charge in [-0.05, 0) is 38.1 Å². The summed E-state index contributed by atoms with van der Waals surface area (Å²) in [6.07, 6.45) is 1.75. The molecule has 3 rings (SSSR count). The number of hydrogen-bond acceptors (Lipinski definition) is 5. The minimum absolute atomic E-state index is 0.178. The summed E-state index contributed by atoms with van der Waals surface area (Å²) in [5.74, 6) is -0.436. The van der Waals surface area contributed by atoms with Crippen molar-refractivity contribution in [2.75, 3.05) is 37.7 Å². The Morgan fingerprint density at radius 1 is 1.29 bits per heavy atom. The Morgan fingerprint density at radius 3 is 2.75 bits per heavy atom. The van der Waals surface area contributed by atoms with Crippen LogP contribution in [0.4, 0.5) is 10.1 Å². The standard InChI is InChI=1S/C18H22FN3O2/c1-3-24-18(23)13(2)21-8-10-22(11-9-21)17-6-7-20-16-5-4-14(19)12-15(16)17/h4-7,12-13H,3,8-11H2,1-2H3. The van der Waals surface area contributed by atoms with Crippen molar-refractivity contribution in [3.8, 4) is 0 Å². The molecular formula is C18H22FN3O2. The van der Waals surface area contributed by atoms with E-state index in [1.54, 1.807) is 12.3 Å². The van der Waals surface area contributed by atoms with Crippen LogP contribution in [0, 0.1) is 5.82 Å². The van der Waals surface area contributed by atoms with Crippen molar-refractivity contribution in [3.05, 3.63) is 36.3 Å². The Morgan fingerprint density at radius 2 is 2.04 bits per heavy atom. The summed E-state index contributed by atoms with van der Waals surface area (Å²) in [6.45, 7) is 7.18. The third-order valence-electron chi connectivity index (χ3n) is 4.51. The van der Waals surface area contributed by atoms with Crippen molar-refractivity contribution in [2.24, 2.45) is 0 Å². The van der Waals surface area contributed by atoms with Gasteiger partial charge >= 0.3 is 5.97 Å². The maximum absolute atomic E-state index is 13.6. The number of nitrogens with zero attached hydrogens (tertiary/aromatic N) is 3. The van der Waals surface area contributed by atoms with Crippen molar-refractivity contribution >= 4 is 22.6 Å². The largest absolute Gasteiger partial charge is 0.465 e. The highest BCUT2D eigenvalue weighted by Gasteiger charge is 2.27. The molecule has 5 nitrogen and oxygen atoms in total. The first kappa shape index (κ1) is 16.6. The Kier molecular flexibility index (Phi) is 4.94. The van der Waals surface area contributed by atoms with Gasteiger partial charge in [0.15, 0.2) is 0 Å². The van der Waals surface area contributed by atoms with Crippen molar-refractivity contribution < 1.29 is 13.9 Å². The van der Waals surface area contributed by atoms with E-state index in [1.807, 2.05) is 19.9 Å². The van der Waals surface area contributed by atoms with Crippen LogP contribution in [0.15, 0.2) is 30.5 Å². The molecule has 0 bridgehead atoms. The zero-order valence-electron chi connectivity index (χ0n) is 14.0. The number of ether oxygens (including phenoxy) is 1. The molecule has 1 aliphatic heterocycles. The van der Waals surface area contributed by atoms with Crippen molar-refractivity contribution in [3.63, 3.8) is 0 Å². The first-order valence-electron chi connectivity index (χ1n) is 8.30. The number of piperazine rings is 1. The van der Waals surface area contributed by atoms with Gasteiger partial charge in [-0.2, -0.15) is 0 Å². The van der Waals surface area contributed by atoms with Crippen molar-refractivity contribution in [2.45, 2.75) is 19.9 Å². The molecule has 0 saturated carbocycles. The second kappa shape index (κ2) is 7.13. The number of carbonyl (C=O) groups excluding carboxylic acids is 1. The summed E-state index contributed by atoms with van der Waals surface area (Å²) in [5, 5.41) is 0.824. The molecule has 0 radical (unpaired) electrons. The maximum atomic E-state index is 13.6. The number of carbonyl (C=O) groups is 1. The van der Waals surface area contributed by atoms with E-state index in [1.165, 1.54) is 12.1 Å². The fourth-order valence-electron chi connectivity index (χ4n) is 3.14. The summed E-state index contributed by atoms with van der Waals surface area (Å²) < 4.78 is 18.7. The third kappa shape index (κ3) is 3.33. The molecule has 2 heterocycles. The normalized spacial score (nSPS) is 17.0. The van der Waals surface area contributed by atoms with Gasteiger partial charge in [-0.25, -0.2) is 4.39 Å². The van der Waals surface area contributed by atoms with Crippen LogP contribution in [0.2, 0.25) is 0 Å². The van der Waals surface area contributed by atoms with Gasteiger partial charge in [0.1, 0.15) is 11.9 Å². The molecule has 24 heavy (non-hydrogen) atoms. The minimum atomic E-state index is -0.258. The average molecular weight is 331 g/mol. The van der Waals surface area contributed by atoms with Gasteiger partial charge in [0.2, 0.25) is 0 Å². The van der Waals surface area contributed by atoms with E-state index < -0.39 is 0 Å². The third-order valence-corrected chi connectivity index (χ3v) is 4.51. The van der Waals surface area contributed by atoms with Gasteiger partial charge in [0, 0.05) is 43.4 Å². The molecule has 128 valence electrons. The van der Waals surface area contributed by atoms with Gasteiger partial charge in [-0.1, -0.05) is 0 Å². The lowest BCUT2D eigenvalue weighted by molar-refractivity contribution is -0.149. The fraction of sp³-hybridized carbons (Fsp3) is 0.444. The zero-order chi connectivity index (χ0) is 17.1. The van der Waals surface area contributed by atoms with Gasteiger partial charge in [-0.3, -0.25) is 14.7 Å². The van der Waals surface area contributed by atoms with Crippen LogP contribution in [-0.2, 0) is 9.53 Å². The molecular weight excluding hydrogens is 309 g/mol. The molecule has 0 N–H and O–H groups in total. The Balaban J connectivity index is 1.73. The summed E-state index contributed by atoms with van der Waals surface area (Å²) in [6, 6.07) is 6.35. The second-order valence-corrected chi connectivity index (χ2v) is 5.94. The van der Waals surface area contributed by atoms with Gasteiger partial charge < -0.3 is 9.64 Å². The first-order valence-corrected chi connectivity index (χ1v) is 8.30. The SMILES string of the molecule is CCOC(=O)C(C)N1CCN(c2ccnc3ccc(F)cc23)CC1. The molecule has 1 aromatic heterocycles. The smallest absolute Gasteiger partial charge is 0.323 e. The lowest BCUT2D eigenvalue weighted by atomic mass is 10.1. The highest BCUT2D eigenvalue weighted by molar-refractivity contribution is 5.91. The van der Waals surface area contributed by atoms with Crippen LogP contribution in [0.25, 0.3) is 10.9 Å². The van der Waals surface area contributed by atoms with E-state index in [0.29, 0.717) is 6.61 Å². The molecule has 1 atom stereocenters. The summed E-state index contributed by atoms with van der Waals surface area (Å²) in [5.41, 5.74) is 1.78. The number of pyridine rings is 1. The molecule has 6 heteroatoms. The minimum Gasteiger partial charge on any atom is -0.465 e. The summed E-state index contributed by atoms with van der Waals surface area (Å²) in [7, 11) is 0. The lowest BCUT2D eigenvalue weighted by Gasteiger charge is -2.38. The van der Waals surface area contributed by atoms with Gasteiger partial charge in [0.05, 0.1) is 12.1 Å². The average Bonchev–Trinajstić information content (AvgIpc) is 2.61. The first-order chi connectivity index (χ1) is 11.6. The van der Waals surface area contributed by atoms with Crippen molar-refractivity contribution in [1.82, 2.24) is 9.88 Å². The molecule has 2 aromatic rings. The maximum Gasteiger partial charge on any atom is 0.323 e. The molecule has 1 unspecified atom stereocenters. The predicted molar refractivity (Wildman–Crippen MR) is 91.6 cm³/mol. The molecule has 1 aliphatic rings. The highest BCUT2D eigenvalue weighted by Crippen LogP contribution is 2.27. The Hall–Kier alpha value is -2.21. The number of rotatable bonds is 4. The number of esters is 1. The molecule has 1 saturated heterocycles. The molecule has 1 fully saturated rings. The molecule has 0 spiro atoms. The highest BCUT2D eigenvalue weighted by atomic mass is 19.1. The fourth-order valence-corrected chi connectivity index (χ4v) is 3.14. The van der Waals surface area contributed by atoms with Gasteiger partial charge in [-0.15, -0.1) is 0 Å². The number of fused-ring (bicyclic) bond motifs is 1. The lowest BCUT2D eigenvalue weighted by Crippen LogP contribution is -2.52. The van der Waals surface area contributed by atoms with Crippen LogP contribution < -0.4 is 4.90 Å². The van der Waals surface area contributed by atoms with Crippen LogP contribution in [0.3, 0.4) is 0 Å². The number of hydrogen-bond donors (Lipinski definition) is 0. The van der Waals surface area contributed by atoms with E-state index in [9.17, 15) is 9.18 Å².